The number of rotatable bonds is 0. The first-order chi connectivity index (χ1) is 8.43. The van der Waals surface area contributed by atoms with Crippen LogP contribution in [-0.4, -0.2) is 0 Å². The van der Waals surface area contributed by atoms with E-state index in [0.29, 0.717) is 0 Å². The summed E-state index contributed by atoms with van der Waals surface area (Å²) in [5.41, 5.74) is 2.78. The molecule has 0 heteroatoms. The number of allylic oxidation sites excluding steroid dienone is 1. The average molecular weight is 215 g/mol. The first kappa shape index (κ1) is 9.00. The molecule has 1 aliphatic rings. The van der Waals surface area contributed by atoms with Gasteiger partial charge in [0.1, 0.15) is 0 Å². The van der Waals surface area contributed by atoms with Crippen molar-refractivity contribution in [2.24, 2.45) is 0 Å². The summed E-state index contributed by atoms with van der Waals surface area (Å²) in [6, 6.07) is 18.5. The fourth-order valence-corrected chi connectivity index (χ4v) is 2.80. The van der Waals surface area contributed by atoms with Gasteiger partial charge in [0.25, 0.3) is 0 Å². The van der Waals surface area contributed by atoms with Crippen LogP contribution in [0.1, 0.15) is 11.1 Å². The molecule has 0 fully saturated rings. The smallest absolute Gasteiger partial charge is 0.00139 e. The molecule has 79 valence electrons. The Kier molecular flexibility index (Phi) is 1.70. The Morgan fingerprint density at radius 2 is 1.76 bits per heavy atom. The van der Waals surface area contributed by atoms with Gasteiger partial charge in [0.15, 0.2) is 0 Å². The van der Waals surface area contributed by atoms with E-state index < -0.39 is 0 Å². The van der Waals surface area contributed by atoms with Crippen LogP contribution in [0.15, 0.2) is 48.5 Å². The lowest BCUT2D eigenvalue weighted by molar-refractivity contribution is 1.32. The van der Waals surface area contributed by atoms with Crippen molar-refractivity contribution < 1.29 is 0 Å². The molecule has 3 aromatic carbocycles. The molecule has 4 rings (SSSR count). The lowest BCUT2D eigenvalue weighted by atomic mass is 9.89. The Morgan fingerprint density at radius 3 is 2.76 bits per heavy atom. The van der Waals surface area contributed by atoms with Crippen LogP contribution in [0.5, 0.6) is 0 Å². The highest BCUT2D eigenvalue weighted by Crippen LogP contribution is 2.33. The lowest BCUT2D eigenvalue weighted by Gasteiger charge is -2.15. The van der Waals surface area contributed by atoms with Crippen molar-refractivity contribution in [1.29, 1.82) is 0 Å². The fourth-order valence-electron chi connectivity index (χ4n) is 2.80. The highest BCUT2D eigenvalue weighted by molar-refractivity contribution is 6.06. The van der Waals surface area contributed by atoms with Crippen molar-refractivity contribution in [2.75, 3.05) is 0 Å². The van der Waals surface area contributed by atoms with E-state index in [0.717, 1.165) is 6.42 Å². The Labute approximate surface area is 100 Å². The van der Waals surface area contributed by atoms with Crippen LogP contribution in [0, 0.1) is 6.07 Å². The summed E-state index contributed by atoms with van der Waals surface area (Å²) >= 11 is 0. The number of fused-ring (bicyclic) bond motifs is 2. The molecule has 0 aliphatic heterocycles. The molecule has 1 aliphatic carbocycles. The number of benzene rings is 3. The summed E-state index contributed by atoms with van der Waals surface area (Å²) in [4.78, 5) is 0. The van der Waals surface area contributed by atoms with Gasteiger partial charge in [0.2, 0.25) is 0 Å². The molecule has 0 aromatic heterocycles. The van der Waals surface area contributed by atoms with Crippen molar-refractivity contribution in [3.8, 4) is 0 Å². The van der Waals surface area contributed by atoms with E-state index >= 15 is 0 Å². The van der Waals surface area contributed by atoms with Crippen molar-refractivity contribution in [1.82, 2.24) is 0 Å². The van der Waals surface area contributed by atoms with Gasteiger partial charge in [-0.3, -0.25) is 0 Å². The minimum absolute atomic E-state index is 1.03. The van der Waals surface area contributed by atoms with Crippen molar-refractivity contribution >= 4 is 27.6 Å². The lowest BCUT2D eigenvalue weighted by Crippen LogP contribution is -1.94. The van der Waals surface area contributed by atoms with Crippen LogP contribution in [0.3, 0.4) is 0 Å². The Hall–Kier alpha value is -2.08. The van der Waals surface area contributed by atoms with E-state index in [9.17, 15) is 0 Å². The zero-order valence-corrected chi connectivity index (χ0v) is 9.40. The molecule has 0 heterocycles. The third-order valence-corrected chi connectivity index (χ3v) is 3.54. The van der Waals surface area contributed by atoms with Gasteiger partial charge in [-0.2, -0.15) is 0 Å². The minimum Gasteiger partial charge on any atom is -0.0795 e. The molecule has 17 heavy (non-hydrogen) atoms. The topological polar surface area (TPSA) is 0 Å². The van der Waals surface area contributed by atoms with Crippen LogP contribution in [0.2, 0.25) is 0 Å². The van der Waals surface area contributed by atoms with Gasteiger partial charge in [-0.25, -0.2) is 0 Å². The van der Waals surface area contributed by atoms with E-state index in [1.165, 1.54) is 32.7 Å². The predicted octanol–water partition coefficient (Wildman–Crippen LogP) is 4.36. The molecular formula is C17H11. The second-order valence-corrected chi connectivity index (χ2v) is 4.53. The highest BCUT2D eigenvalue weighted by Gasteiger charge is 2.11. The predicted molar refractivity (Wildman–Crippen MR) is 73.0 cm³/mol. The number of hydrogen-bond donors (Lipinski definition) is 0. The third kappa shape index (κ3) is 1.18. The molecule has 0 saturated heterocycles. The van der Waals surface area contributed by atoms with Gasteiger partial charge >= 0.3 is 0 Å². The standard InChI is InChI=1S/C17H11/c1-2-9-15-13(5-1)11-14-8-3-6-12-7-4-10-16(15)17(12)14/h1-9H,10H2. The van der Waals surface area contributed by atoms with Crippen LogP contribution in [0.25, 0.3) is 27.6 Å². The van der Waals surface area contributed by atoms with Gasteiger partial charge in [-0.1, -0.05) is 54.6 Å². The largest absolute Gasteiger partial charge is 0.0795 e. The van der Waals surface area contributed by atoms with E-state index in [1.54, 1.807) is 0 Å². The molecule has 0 spiro atoms. The molecule has 0 bridgehead atoms. The maximum Gasteiger partial charge on any atom is -0.00139 e. The van der Waals surface area contributed by atoms with Crippen LogP contribution < -0.4 is 0 Å². The molecule has 0 saturated carbocycles. The Balaban J connectivity index is 2.33. The summed E-state index contributed by atoms with van der Waals surface area (Å²) < 4.78 is 0. The monoisotopic (exact) mass is 215 g/mol. The van der Waals surface area contributed by atoms with Gasteiger partial charge < -0.3 is 0 Å². The van der Waals surface area contributed by atoms with Gasteiger partial charge in [0, 0.05) is 0 Å². The van der Waals surface area contributed by atoms with Crippen LogP contribution in [0.4, 0.5) is 0 Å². The van der Waals surface area contributed by atoms with Crippen molar-refractivity contribution in [3.63, 3.8) is 0 Å². The SMILES string of the molecule is [c]1c2ccccc2c2c3c(cccc13)C=CC2. The average Bonchev–Trinajstić information content (AvgIpc) is 2.39. The molecule has 0 unspecified atom stereocenters. The first-order valence-corrected chi connectivity index (χ1v) is 5.96. The summed E-state index contributed by atoms with van der Waals surface area (Å²) in [7, 11) is 0. The summed E-state index contributed by atoms with van der Waals surface area (Å²) in [6.07, 6.45) is 5.50. The number of hydrogen-bond acceptors (Lipinski definition) is 0. The molecular weight excluding hydrogens is 204 g/mol. The summed E-state index contributed by atoms with van der Waals surface area (Å²) in [6.45, 7) is 0. The van der Waals surface area contributed by atoms with Gasteiger partial charge in [-0.15, -0.1) is 0 Å². The van der Waals surface area contributed by atoms with Gasteiger partial charge in [-0.05, 0) is 45.2 Å². The van der Waals surface area contributed by atoms with Crippen LogP contribution >= 0.6 is 0 Å². The van der Waals surface area contributed by atoms with E-state index in [-0.39, 0.29) is 0 Å². The zero-order chi connectivity index (χ0) is 11.2. The summed E-state index contributed by atoms with van der Waals surface area (Å²) in [5, 5.41) is 5.19. The van der Waals surface area contributed by atoms with Gasteiger partial charge in [0.05, 0.1) is 0 Å². The normalized spacial score (nSPS) is 13.4. The van der Waals surface area contributed by atoms with E-state index in [1.807, 2.05) is 0 Å². The Morgan fingerprint density at radius 1 is 0.882 bits per heavy atom. The van der Waals surface area contributed by atoms with Crippen molar-refractivity contribution in [2.45, 2.75) is 6.42 Å². The van der Waals surface area contributed by atoms with E-state index in [4.69, 9.17) is 0 Å². The maximum absolute atomic E-state index is 3.52. The minimum atomic E-state index is 1.03. The molecule has 1 radical (unpaired) electrons. The molecule has 0 nitrogen and oxygen atoms in total. The van der Waals surface area contributed by atoms with Crippen LogP contribution in [-0.2, 0) is 6.42 Å². The third-order valence-electron chi connectivity index (χ3n) is 3.54. The molecule has 3 aromatic rings. The molecule has 0 atom stereocenters. The quantitative estimate of drug-likeness (QED) is 0.489. The van der Waals surface area contributed by atoms with E-state index in [2.05, 4.69) is 60.7 Å². The highest BCUT2D eigenvalue weighted by atomic mass is 14.1. The maximum atomic E-state index is 3.52. The fraction of sp³-hybridized carbons (Fsp3) is 0.0588. The summed E-state index contributed by atoms with van der Waals surface area (Å²) in [5.74, 6) is 0. The molecule has 0 amide bonds. The zero-order valence-electron chi connectivity index (χ0n) is 9.40. The molecule has 0 N–H and O–H groups in total. The second kappa shape index (κ2) is 3.21. The Bertz CT molecular complexity index is 763. The first-order valence-electron chi connectivity index (χ1n) is 5.96. The van der Waals surface area contributed by atoms with Crippen molar-refractivity contribution in [3.05, 3.63) is 65.7 Å². The second-order valence-electron chi connectivity index (χ2n) is 4.53.